The van der Waals surface area contributed by atoms with Crippen LogP contribution in [0.2, 0.25) is 0 Å². The molecule has 1 aliphatic rings. The van der Waals surface area contributed by atoms with Crippen LogP contribution in [0.4, 0.5) is 5.69 Å². The Hall–Kier alpha value is -2.86. The molecule has 25 heavy (non-hydrogen) atoms. The Morgan fingerprint density at radius 3 is 2.60 bits per heavy atom. The number of benzene rings is 1. The second kappa shape index (κ2) is 6.94. The van der Waals surface area contributed by atoms with Crippen molar-refractivity contribution in [1.29, 1.82) is 0 Å². The average molecular weight is 335 g/mol. The van der Waals surface area contributed by atoms with Crippen molar-refractivity contribution in [2.45, 2.75) is 18.9 Å². The Morgan fingerprint density at radius 2 is 1.88 bits per heavy atom. The van der Waals surface area contributed by atoms with Gasteiger partial charge in [0.05, 0.1) is 5.69 Å². The number of nitrogens with one attached hydrogen (secondary N) is 2. The molecular weight excluding hydrogens is 314 g/mol. The van der Waals surface area contributed by atoms with Gasteiger partial charge in [0.15, 0.2) is 0 Å². The fourth-order valence-corrected chi connectivity index (χ4v) is 3.30. The van der Waals surface area contributed by atoms with Gasteiger partial charge in [-0.2, -0.15) is 5.10 Å². The largest absolute Gasteiger partial charge is 0.340 e. The lowest BCUT2D eigenvalue weighted by Crippen LogP contribution is -2.31. The molecule has 0 saturated carbocycles. The van der Waals surface area contributed by atoms with Crippen molar-refractivity contribution in [2.75, 3.05) is 18.4 Å². The van der Waals surface area contributed by atoms with E-state index >= 15 is 0 Å². The Labute approximate surface area is 146 Å². The zero-order valence-electron chi connectivity index (χ0n) is 13.9. The maximum absolute atomic E-state index is 12.7. The molecule has 1 fully saturated rings. The summed E-state index contributed by atoms with van der Waals surface area (Å²) in [5.74, 6) is -0.0737. The number of amides is 1. The number of carbonyl (C=O) groups excluding carboxylic acids is 1. The predicted molar refractivity (Wildman–Crippen MR) is 97.1 cm³/mol. The van der Waals surface area contributed by atoms with E-state index in [1.807, 2.05) is 54.9 Å². The number of piperidine rings is 1. The maximum Gasteiger partial charge on any atom is 0.272 e. The number of hydrogen-bond donors (Lipinski definition) is 2. The van der Waals surface area contributed by atoms with Crippen molar-refractivity contribution in [1.82, 2.24) is 19.7 Å². The molecule has 6 nitrogen and oxygen atoms in total. The first kappa shape index (κ1) is 15.7. The van der Waals surface area contributed by atoms with Crippen molar-refractivity contribution < 1.29 is 4.79 Å². The van der Waals surface area contributed by atoms with E-state index in [9.17, 15) is 4.79 Å². The van der Waals surface area contributed by atoms with Gasteiger partial charge in [0, 0.05) is 30.3 Å². The van der Waals surface area contributed by atoms with Gasteiger partial charge in [0.2, 0.25) is 0 Å². The quantitative estimate of drug-likeness (QED) is 0.770. The van der Waals surface area contributed by atoms with Gasteiger partial charge in [0.25, 0.3) is 5.91 Å². The van der Waals surface area contributed by atoms with Crippen molar-refractivity contribution in [3.63, 3.8) is 0 Å². The number of aromatic nitrogens is 3. The van der Waals surface area contributed by atoms with Crippen LogP contribution in [0.3, 0.4) is 0 Å². The number of carbonyl (C=O) groups is 1. The summed E-state index contributed by atoms with van der Waals surface area (Å²) in [6, 6.07) is 13.8. The summed E-state index contributed by atoms with van der Waals surface area (Å²) < 4.78 is 3.89. The minimum Gasteiger partial charge on any atom is -0.340 e. The third-order valence-corrected chi connectivity index (χ3v) is 4.61. The molecule has 1 aromatic carbocycles. The third kappa shape index (κ3) is 3.34. The molecule has 1 aliphatic heterocycles. The molecule has 0 bridgehead atoms. The van der Waals surface area contributed by atoms with Crippen LogP contribution in [0, 0.1) is 0 Å². The Balaban J connectivity index is 1.48. The molecule has 2 aromatic heterocycles. The summed E-state index contributed by atoms with van der Waals surface area (Å²) in [5.41, 5.74) is 2.45. The van der Waals surface area contributed by atoms with E-state index in [2.05, 4.69) is 20.3 Å². The number of hydrogen-bond acceptors (Lipinski definition) is 3. The molecule has 3 aromatic rings. The van der Waals surface area contributed by atoms with Crippen LogP contribution in [0.5, 0.6) is 0 Å². The molecule has 1 saturated heterocycles. The first-order chi connectivity index (χ1) is 12.3. The Kier molecular flexibility index (Phi) is 4.35. The van der Waals surface area contributed by atoms with E-state index in [1.165, 1.54) is 0 Å². The van der Waals surface area contributed by atoms with Crippen molar-refractivity contribution in [3.8, 4) is 5.69 Å². The number of anilines is 1. The normalized spacial score (nSPS) is 15.2. The van der Waals surface area contributed by atoms with E-state index in [-0.39, 0.29) is 5.91 Å². The van der Waals surface area contributed by atoms with E-state index in [0.29, 0.717) is 11.7 Å². The molecule has 0 unspecified atom stereocenters. The van der Waals surface area contributed by atoms with Crippen LogP contribution < -0.4 is 10.6 Å². The van der Waals surface area contributed by atoms with Gasteiger partial charge >= 0.3 is 0 Å². The lowest BCUT2D eigenvalue weighted by molar-refractivity contribution is 0.101. The highest BCUT2D eigenvalue weighted by molar-refractivity contribution is 6.03. The monoisotopic (exact) mass is 335 g/mol. The third-order valence-electron chi connectivity index (χ3n) is 4.61. The fraction of sp³-hybridized carbons (Fsp3) is 0.263. The van der Waals surface area contributed by atoms with Gasteiger partial charge in [-0.25, -0.2) is 4.68 Å². The van der Waals surface area contributed by atoms with Crippen LogP contribution in [-0.2, 0) is 0 Å². The topological polar surface area (TPSA) is 63.9 Å². The summed E-state index contributed by atoms with van der Waals surface area (Å²) in [6.45, 7) is 2.00. The molecule has 0 atom stereocenters. The van der Waals surface area contributed by atoms with Gasteiger partial charge in [-0.15, -0.1) is 0 Å². The predicted octanol–water partition coefficient (Wildman–Crippen LogP) is 2.85. The van der Waals surface area contributed by atoms with Gasteiger partial charge in [0.1, 0.15) is 5.69 Å². The minimum atomic E-state index is -0.0737. The molecule has 0 radical (unpaired) electrons. The SMILES string of the molecule is O=C(Nc1ccc(-n2cccn2)cc1)c1cccn1C1CCNCC1. The van der Waals surface area contributed by atoms with Crippen LogP contribution in [0.25, 0.3) is 5.69 Å². The molecule has 4 rings (SSSR count). The molecule has 128 valence electrons. The standard InChI is InChI=1S/C19H21N5O/c25-19(18-3-1-13-23(18)16-8-11-20-12-9-16)22-15-4-6-17(7-5-15)24-14-2-10-21-24/h1-7,10,13-14,16,20H,8-9,11-12H2,(H,22,25). The smallest absolute Gasteiger partial charge is 0.272 e. The van der Waals surface area contributed by atoms with E-state index < -0.39 is 0 Å². The molecule has 0 spiro atoms. The van der Waals surface area contributed by atoms with Crippen molar-refractivity contribution in [3.05, 3.63) is 66.7 Å². The molecule has 0 aliphatic carbocycles. The second-order valence-corrected chi connectivity index (χ2v) is 6.23. The lowest BCUT2D eigenvalue weighted by Gasteiger charge is -2.25. The lowest BCUT2D eigenvalue weighted by atomic mass is 10.1. The van der Waals surface area contributed by atoms with Crippen LogP contribution in [0.1, 0.15) is 29.4 Å². The van der Waals surface area contributed by atoms with Crippen LogP contribution in [-0.4, -0.2) is 33.3 Å². The molecule has 2 N–H and O–H groups in total. The Bertz CT molecular complexity index is 829. The van der Waals surface area contributed by atoms with E-state index in [0.717, 1.165) is 37.3 Å². The summed E-state index contributed by atoms with van der Waals surface area (Å²) >= 11 is 0. The zero-order valence-corrected chi connectivity index (χ0v) is 13.9. The summed E-state index contributed by atoms with van der Waals surface area (Å²) in [4.78, 5) is 12.7. The number of rotatable bonds is 4. The van der Waals surface area contributed by atoms with Crippen molar-refractivity contribution in [2.24, 2.45) is 0 Å². The summed E-state index contributed by atoms with van der Waals surface area (Å²) in [6.07, 6.45) is 7.73. The molecule has 1 amide bonds. The van der Waals surface area contributed by atoms with Crippen molar-refractivity contribution >= 4 is 11.6 Å². The zero-order chi connectivity index (χ0) is 17.1. The van der Waals surface area contributed by atoms with Gasteiger partial charge in [-0.1, -0.05) is 0 Å². The highest BCUT2D eigenvalue weighted by atomic mass is 16.1. The fourth-order valence-electron chi connectivity index (χ4n) is 3.30. The minimum absolute atomic E-state index is 0.0737. The van der Waals surface area contributed by atoms with Gasteiger partial charge < -0.3 is 15.2 Å². The summed E-state index contributed by atoms with van der Waals surface area (Å²) in [7, 11) is 0. The molecular formula is C19H21N5O. The van der Waals surface area contributed by atoms with Gasteiger partial charge in [-0.05, 0) is 68.4 Å². The molecule has 6 heteroatoms. The van der Waals surface area contributed by atoms with Crippen LogP contribution >= 0.6 is 0 Å². The average Bonchev–Trinajstić information content (AvgIpc) is 3.35. The first-order valence-electron chi connectivity index (χ1n) is 8.60. The van der Waals surface area contributed by atoms with E-state index in [4.69, 9.17) is 0 Å². The second-order valence-electron chi connectivity index (χ2n) is 6.23. The van der Waals surface area contributed by atoms with E-state index in [1.54, 1.807) is 10.9 Å². The first-order valence-corrected chi connectivity index (χ1v) is 8.60. The maximum atomic E-state index is 12.7. The van der Waals surface area contributed by atoms with Crippen LogP contribution in [0.15, 0.2) is 61.1 Å². The van der Waals surface area contributed by atoms with Gasteiger partial charge in [-0.3, -0.25) is 4.79 Å². The summed E-state index contributed by atoms with van der Waals surface area (Å²) in [5, 5.41) is 10.6. The molecule has 3 heterocycles. The highest BCUT2D eigenvalue weighted by Gasteiger charge is 2.20. The highest BCUT2D eigenvalue weighted by Crippen LogP contribution is 2.22. The number of nitrogens with zero attached hydrogens (tertiary/aromatic N) is 3. The Morgan fingerprint density at radius 1 is 1.08 bits per heavy atom.